The van der Waals surface area contributed by atoms with Gasteiger partial charge in [-0.3, -0.25) is 4.79 Å². The van der Waals surface area contributed by atoms with Crippen LogP contribution in [0.15, 0.2) is 18.2 Å². The molecule has 1 unspecified atom stereocenters. The molecule has 3 N–H and O–H groups in total. The molecule has 0 saturated carbocycles. The van der Waals surface area contributed by atoms with Crippen molar-refractivity contribution in [3.8, 4) is 0 Å². The van der Waals surface area contributed by atoms with Gasteiger partial charge in [0.2, 0.25) is 5.91 Å². The van der Waals surface area contributed by atoms with E-state index < -0.39 is 6.10 Å². The fourth-order valence-corrected chi connectivity index (χ4v) is 1.63. The van der Waals surface area contributed by atoms with Crippen LogP contribution >= 0.6 is 23.2 Å². The zero-order valence-electron chi connectivity index (χ0n) is 10.9. The summed E-state index contributed by atoms with van der Waals surface area (Å²) in [6.45, 7) is 3.97. The van der Waals surface area contributed by atoms with Crippen molar-refractivity contribution in [1.29, 1.82) is 0 Å². The van der Waals surface area contributed by atoms with Crippen LogP contribution in [0.25, 0.3) is 0 Å². The number of benzene rings is 1. The average molecular weight is 305 g/mol. The molecule has 1 aromatic rings. The zero-order chi connectivity index (χ0) is 14.4. The maximum atomic E-state index is 11.6. The van der Waals surface area contributed by atoms with Gasteiger partial charge in [-0.05, 0) is 18.2 Å². The lowest BCUT2D eigenvalue weighted by atomic mass is 10.2. The monoisotopic (exact) mass is 304 g/mol. The second-order valence-corrected chi connectivity index (χ2v) is 5.24. The highest BCUT2D eigenvalue weighted by atomic mass is 35.5. The Morgan fingerprint density at radius 2 is 2.11 bits per heavy atom. The number of aliphatic hydroxyl groups excluding tert-OH is 1. The van der Waals surface area contributed by atoms with Gasteiger partial charge in [-0.2, -0.15) is 0 Å². The molecule has 0 aliphatic rings. The summed E-state index contributed by atoms with van der Waals surface area (Å²) >= 11 is 11.6. The van der Waals surface area contributed by atoms with Gasteiger partial charge in [0.25, 0.3) is 0 Å². The molecule has 1 rings (SSSR count). The minimum atomic E-state index is -0.610. The normalized spacial score (nSPS) is 12.3. The van der Waals surface area contributed by atoms with Gasteiger partial charge in [0.15, 0.2) is 0 Å². The summed E-state index contributed by atoms with van der Waals surface area (Å²) in [6.07, 6.45) is -0.610. The molecule has 6 heteroatoms. The second kappa shape index (κ2) is 7.58. The lowest BCUT2D eigenvalue weighted by molar-refractivity contribution is -0.118. The molecule has 1 amide bonds. The lowest BCUT2D eigenvalue weighted by Gasteiger charge is -2.13. The topological polar surface area (TPSA) is 61.4 Å². The number of rotatable bonds is 6. The molecule has 0 radical (unpaired) electrons. The van der Waals surface area contributed by atoms with Gasteiger partial charge in [-0.25, -0.2) is 0 Å². The largest absolute Gasteiger partial charge is 0.390 e. The average Bonchev–Trinajstić information content (AvgIpc) is 2.38. The van der Waals surface area contributed by atoms with Crippen LogP contribution in [0.2, 0.25) is 5.02 Å². The number of carbonyl (C=O) groups is 1. The molecular weight excluding hydrogens is 287 g/mol. The third-order valence-electron chi connectivity index (χ3n) is 2.47. The molecule has 1 aromatic carbocycles. The number of amides is 1. The van der Waals surface area contributed by atoms with Crippen molar-refractivity contribution >= 4 is 40.5 Å². The fraction of sp³-hybridized carbons (Fsp3) is 0.462. The smallest absolute Gasteiger partial charge is 0.226 e. The number of aliphatic hydroxyl groups is 1. The van der Waals surface area contributed by atoms with Gasteiger partial charge in [0.05, 0.1) is 22.7 Å². The molecule has 0 aliphatic carbocycles. The van der Waals surface area contributed by atoms with E-state index >= 15 is 0 Å². The molecule has 0 saturated heterocycles. The summed E-state index contributed by atoms with van der Waals surface area (Å²) in [4.78, 5) is 11.6. The third kappa shape index (κ3) is 5.27. The van der Waals surface area contributed by atoms with Crippen LogP contribution in [-0.4, -0.2) is 29.5 Å². The molecule has 0 spiro atoms. The van der Waals surface area contributed by atoms with Crippen LogP contribution in [0.1, 0.15) is 13.8 Å². The number of anilines is 2. The number of hydrogen-bond donors (Lipinski definition) is 3. The summed E-state index contributed by atoms with van der Waals surface area (Å²) in [5.74, 6) is -0.0172. The Morgan fingerprint density at radius 1 is 1.42 bits per heavy atom. The van der Waals surface area contributed by atoms with Crippen LogP contribution in [0.3, 0.4) is 0 Å². The van der Waals surface area contributed by atoms with Crippen LogP contribution in [0, 0.1) is 5.92 Å². The molecule has 106 valence electrons. The Bertz CT molecular complexity index is 439. The minimum absolute atomic E-state index is 0.0832. The standard InChI is InChI=1S/C13H18Cl2N2O2/c1-8(2)13(19)17-12-4-3-9(5-11(12)15)16-7-10(18)6-14/h3-5,8,10,16,18H,6-7H2,1-2H3,(H,17,19). The van der Waals surface area contributed by atoms with Gasteiger partial charge < -0.3 is 15.7 Å². The highest BCUT2D eigenvalue weighted by molar-refractivity contribution is 6.34. The van der Waals surface area contributed by atoms with Crippen molar-refractivity contribution in [3.05, 3.63) is 23.2 Å². The van der Waals surface area contributed by atoms with E-state index in [2.05, 4.69) is 10.6 Å². The van der Waals surface area contributed by atoms with Crippen LogP contribution in [0.4, 0.5) is 11.4 Å². The van der Waals surface area contributed by atoms with Crippen molar-refractivity contribution in [2.45, 2.75) is 20.0 Å². The molecule has 19 heavy (non-hydrogen) atoms. The fourth-order valence-electron chi connectivity index (χ4n) is 1.29. The Balaban J connectivity index is 2.66. The van der Waals surface area contributed by atoms with Crippen molar-refractivity contribution in [1.82, 2.24) is 0 Å². The number of hydrogen-bond acceptors (Lipinski definition) is 3. The third-order valence-corrected chi connectivity index (χ3v) is 3.14. The first-order valence-electron chi connectivity index (χ1n) is 6.02. The summed E-state index contributed by atoms with van der Waals surface area (Å²) in [7, 11) is 0. The molecular formula is C13H18Cl2N2O2. The number of nitrogens with one attached hydrogen (secondary N) is 2. The predicted molar refractivity (Wildman–Crippen MR) is 80.1 cm³/mol. The van der Waals surface area contributed by atoms with Gasteiger partial charge in [0, 0.05) is 18.2 Å². The summed E-state index contributed by atoms with van der Waals surface area (Å²) in [5.41, 5.74) is 1.33. The highest BCUT2D eigenvalue weighted by Crippen LogP contribution is 2.26. The van der Waals surface area contributed by atoms with E-state index in [0.717, 1.165) is 5.69 Å². The van der Waals surface area contributed by atoms with Crippen molar-refractivity contribution in [2.24, 2.45) is 5.92 Å². The van der Waals surface area contributed by atoms with Crippen molar-refractivity contribution < 1.29 is 9.90 Å². The second-order valence-electron chi connectivity index (χ2n) is 4.53. The van der Waals surface area contributed by atoms with Crippen LogP contribution in [-0.2, 0) is 4.79 Å². The van der Waals surface area contributed by atoms with Crippen LogP contribution < -0.4 is 10.6 Å². The first-order chi connectivity index (χ1) is 8.93. The van der Waals surface area contributed by atoms with E-state index in [4.69, 9.17) is 23.2 Å². The number of halogens is 2. The van der Waals surface area contributed by atoms with Gasteiger partial charge in [-0.1, -0.05) is 25.4 Å². The molecule has 0 fully saturated rings. The zero-order valence-corrected chi connectivity index (χ0v) is 12.4. The lowest BCUT2D eigenvalue weighted by Crippen LogP contribution is -2.21. The molecule has 0 aromatic heterocycles. The van der Waals surface area contributed by atoms with Crippen molar-refractivity contribution in [2.75, 3.05) is 23.1 Å². The maximum Gasteiger partial charge on any atom is 0.226 e. The van der Waals surface area contributed by atoms with Gasteiger partial charge in [-0.15, -0.1) is 11.6 Å². The summed E-state index contributed by atoms with van der Waals surface area (Å²) in [5, 5.41) is 15.5. The molecule has 1 atom stereocenters. The van der Waals surface area contributed by atoms with E-state index in [1.165, 1.54) is 0 Å². The van der Waals surface area contributed by atoms with Gasteiger partial charge in [0.1, 0.15) is 0 Å². The predicted octanol–water partition coefficient (Wildman–Crippen LogP) is 2.95. The Hall–Kier alpha value is -0.970. The van der Waals surface area contributed by atoms with E-state index in [9.17, 15) is 9.90 Å². The molecule has 4 nitrogen and oxygen atoms in total. The minimum Gasteiger partial charge on any atom is -0.390 e. The Morgan fingerprint density at radius 3 is 2.63 bits per heavy atom. The van der Waals surface area contributed by atoms with Crippen molar-refractivity contribution in [3.63, 3.8) is 0 Å². The van der Waals surface area contributed by atoms with E-state index in [-0.39, 0.29) is 17.7 Å². The first-order valence-corrected chi connectivity index (χ1v) is 6.93. The first kappa shape index (κ1) is 16.1. The summed E-state index contributed by atoms with van der Waals surface area (Å²) in [6, 6.07) is 5.19. The van der Waals surface area contributed by atoms with E-state index in [1.807, 2.05) is 13.8 Å². The quantitative estimate of drug-likeness (QED) is 0.708. The number of alkyl halides is 1. The Labute approximate surface area is 123 Å². The van der Waals surface area contributed by atoms with E-state index in [0.29, 0.717) is 17.3 Å². The van der Waals surface area contributed by atoms with E-state index in [1.54, 1.807) is 18.2 Å². The SMILES string of the molecule is CC(C)C(=O)Nc1ccc(NCC(O)CCl)cc1Cl. The maximum absolute atomic E-state index is 11.6. The number of carbonyl (C=O) groups excluding carboxylic acids is 1. The van der Waals surface area contributed by atoms with Gasteiger partial charge >= 0.3 is 0 Å². The highest BCUT2D eigenvalue weighted by Gasteiger charge is 2.10. The molecule has 0 aliphatic heterocycles. The summed E-state index contributed by atoms with van der Waals surface area (Å²) < 4.78 is 0. The molecule has 0 bridgehead atoms. The molecule has 0 heterocycles. The Kier molecular flexibility index (Phi) is 6.42. The van der Waals surface area contributed by atoms with Crippen LogP contribution in [0.5, 0.6) is 0 Å².